The van der Waals surface area contributed by atoms with E-state index in [1.165, 1.54) is 15.6 Å². The van der Waals surface area contributed by atoms with Gasteiger partial charge in [0, 0.05) is 44.1 Å². The lowest BCUT2D eigenvalue weighted by molar-refractivity contribution is 0.329. The van der Waals surface area contributed by atoms with E-state index in [1.807, 2.05) is 0 Å². The molecule has 0 aliphatic carbocycles. The van der Waals surface area contributed by atoms with Crippen molar-refractivity contribution in [2.75, 3.05) is 42.1 Å². The fourth-order valence-electron chi connectivity index (χ4n) is 4.11. The van der Waals surface area contributed by atoms with Gasteiger partial charge in [0.15, 0.2) is 5.82 Å². The Balaban J connectivity index is 1.47. The number of para-hydroxylation sites is 1. The van der Waals surface area contributed by atoms with E-state index in [-0.39, 0.29) is 18.3 Å². The molecule has 10 heteroatoms. The van der Waals surface area contributed by atoms with E-state index in [0.29, 0.717) is 31.9 Å². The molecule has 0 saturated carbocycles. The summed E-state index contributed by atoms with van der Waals surface area (Å²) in [7, 11) is -3.25. The lowest BCUT2D eigenvalue weighted by Gasteiger charge is -2.32. The second-order valence-corrected chi connectivity index (χ2v) is 10.6. The molecule has 2 aromatic rings. The maximum absolute atomic E-state index is 12.2. The topological polar surface area (TPSA) is 104 Å². The van der Waals surface area contributed by atoms with Gasteiger partial charge in [-0.3, -0.25) is 0 Å². The highest BCUT2D eigenvalue weighted by molar-refractivity contribution is 9.10. The maximum Gasteiger partial charge on any atom is 0.224 e. The van der Waals surface area contributed by atoms with Gasteiger partial charge in [-0.15, -0.1) is 0 Å². The lowest BCUT2D eigenvalue weighted by atomic mass is 10.0. The number of nitrogens with one attached hydrogen (secondary N) is 1. The van der Waals surface area contributed by atoms with Crippen LogP contribution in [0.25, 0.3) is 0 Å². The summed E-state index contributed by atoms with van der Waals surface area (Å²) in [6, 6.07) is 8.56. The number of piperidine rings is 1. The quantitative estimate of drug-likeness (QED) is 0.635. The van der Waals surface area contributed by atoms with Crippen molar-refractivity contribution in [2.24, 2.45) is 5.73 Å². The van der Waals surface area contributed by atoms with Gasteiger partial charge in [-0.25, -0.2) is 17.7 Å². The molecule has 0 radical (unpaired) electrons. The summed E-state index contributed by atoms with van der Waals surface area (Å²) < 4.78 is 26.8. The summed E-state index contributed by atoms with van der Waals surface area (Å²) in [4.78, 5) is 11.5. The number of halogens is 1. The molecule has 2 aliphatic heterocycles. The molecule has 1 fully saturated rings. The molecule has 0 amide bonds. The third-order valence-corrected chi connectivity index (χ3v) is 8.11. The number of hydrogen-bond donors (Lipinski definition) is 2. The average molecular weight is 495 g/mol. The van der Waals surface area contributed by atoms with Gasteiger partial charge in [-0.2, -0.15) is 4.98 Å². The molecule has 8 nitrogen and oxygen atoms in total. The summed E-state index contributed by atoms with van der Waals surface area (Å²) in [5, 5.41) is 3.40. The Morgan fingerprint density at radius 2 is 1.97 bits per heavy atom. The lowest BCUT2D eigenvalue weighted by Crippen LogP contribution is -2.44. The number of aryl methyl sites for hydroxylation is 1. The monoisotopic (exact) mass is 494 g/mol. The van der Waals surface area contributed by atoms with Crippen molar-refractivity contribution in [3.63, 3.8) is 0 Å². The first-order valence-corrected chi connectivity index (χ1v) is 12.7. The van der Waals surface area contributed by atoms with Crippen molar-refractivity contribution in [3.05, 3.63) is 40.5 Å². The molecular weight excluding hydrogens is 468 g/mol. The smallest absolute Gasteiger partial charge is 0.224 e. The van der Waals surface area contributed by atoms with Gasteiger partial charge >= 0.3 is 0 Å². The number of aromatic nitrogens is 2. The molecular formula is C20H27BrN6O2S. The number of fused-ring (bicyclic) bond motifs is 1. The third-order valence-electron chi connectivity index (χ3n) is 5.65. The standard InChI is InChI=1S/C20H27BrN6O2S/c21-17-14-23-20(24-16-7-11-26(12-8-16)30(28,29)13-9-22)25-19(17)27-10-3-5-15-4-1-2-6-18(15)27/h1-2,4,6,14,16H,3,5,7-13,22H2,(H,23,24,25). The van der Waals surface area contributed by atoms with Crippen LogP contribution in [-0.2, 0) is 16.4 Å². The highest BCUT2D eigenvalue weighted by atomic mass is 79.9. The number of benzene rings is 1. The van der Waals surface area contributed by atoms with Gasteiger partial charge in [0.05, 0.1) is 10.2 Å². The van der Waals surface area contributed by atoms with Gasteiger partial charge in [0.25, 0.3) is 0 Å². The minimum absolute atomic E-state index is 0.00157. The van der Waals surface area contributed by atoms with Crippen LogP contribution >= 0.6 is 15.9 Å². The van der Waals surface area contributed by atoms with Crippen LogP contribution in [0.2, 0.25) is 0 Å². The predicted molar refractivity (Wildman–Crippen MR) is 123 cm³/mol. The molecule has 0 atom stereocenters. The van der Waals surface area contributed by atoms with Crippen molar-refractivity contribution < 1.29 is 8.42 Å². The molecule has 30 heavy (non-hydrogen) atoms. The van der Waals surface area contributed by atoms with E-state index in [0.717, 1.165) is 29.7 Å². The van der Waals surface area contributed by atoms with Gasteiger partial charge in [0.2, 0.25) is 16.0 Å². The van der Waals surface area contributed by atoms with Crippen LogP contribution in [0.15, 0.2) is 34.9 Å². The van der Waals surface area contributed by atoms with Crippen LogP contribution in [0.4, 0.5) is 17.5 Å². The molecule has 1 aromatic heterocycles. The predicted octanol–water partition coefficient (Wildman–Crippen LogP) is 2.49. The Morgan fingerprint density at radius 1 is 1.20 bits per heavy atom. The minimum atomic E-state index is -3.25. The largest absolute Gasteiger partial charge is 0.351 e. The Morgan fingerprint density at radius 3 is 2.73 bits per heavy atom. The third kappa shape index (κ3) is 4.61. The maximum atomic E-state index is 12.2. The summed E-state index contributed by atoms with van der Waals surface area (Å²) in [5.74, 6) is 1.42. The second kappa shape index (κ2) is 9.17. The van der Waals surface area contributed by atoms with Crippen LogP contribution < -0.4 is 16.0 Å². The molecule has 4 rings (SSSR count). The Kier molecular flexibility index (Phi) is 6.57. The normalized spacial score (nSPS) is 18.3. The fraction of sp³-hybridized carbons (Fsp3) is 0.500. The zero-order chi connectivity index (χ0) is 21.1. The number of hydrogen-bond acceptors (Lipinski definition) is 7. The molecule has 0 bridgehead atoms. The van der Waals surface area contributed by atoms with Gasteiger partial charge in [-0.1, -0.05) is 18.2 Å². The first kappa shape index (κ1) is 21.5. The Bertz CT molecular complexity index is 995. The summed E-state index contributed by atoms with van der Waals surface area (Å²) in [6.45, 7) is 2.03. The van der Waals surface area contributed by atoms with Crippen molar-refractivity contribution in [2.45, 2.75) is 31.7 Å². The number of nitrogens with zero attached hydrogens (tertiary/aromatic N) is 4. The number of rotatable bonds is 6. The van der Waals surface area contributed by atoms with Crippen LogP contribution in [0.3, 0.4) is 0 Å². The van der Waals surface area contributed by atoms with E-state index >= 15 is 0 Å². The van der Waals surface area contributed by atoms with Gasteiger partial charge in [-0.05, 0) is 53.2 Å². The fourth-order valence-corrected chi connectivity index (χ4v) is 5.84. The van der Waals surface area contributed by atoms with E-state index in [4.69, 9.17) is 10.7 Å². The Hall–Kier alpha value is -1.75. The van der Waals surface area contributed by atoms with Crippen LogP contribution in [-0.4, -0.2) is 60.7 Å². The molecule has 2 aliphatic rings. The van der Waals surface area contributed by atoms with Crippen LogP contribution in [0.5, 0.6) is 0 Å². The first-order valence-electron chi connectivity index (χ1n) is 10.3. The molecule has 162 valence electrons. The van der Waals surface area contributed by atoms with E-state index in [2.05, 4.69) is 55.4 Å². The zero-order valence-electron chi connectivity index (χ0n) is 16.8. The van der Waals surface area contributed by atoms with Crippen LogP contribution in [0.1, 0.15) is 24.8 Å². The molecule has 0 spiro atoms. The summed E-state index contributed by atoms with van der Waals surface area (Å²) in [5.41, 5.74) is 7.94. The second-order valence-electron chi connectivity index (χ2n) is 7.67. The summed E-state index contributed by atoms with van der Waals surface area (Å²) >= 11 is 3.61. The minimum Gasteiger partial charge on any atom is -0.351 e. The van der Waals surface area contributed by atoms with Crippen molar-refractivity contribution in [1.29, 1.82) is 0 Å². The van der Waals surface area contributed by atoms with E-state index in [9.17, 15) is 8.42 Å². The van der Waals surface area contributed by atoms with E-state index in [1.54, 1.807) is 6.20 Å². The number of sulfonamides is 1. The van der Waals surface area contributed by atoms with Gasteiger partial charge < -0.3 is 16.0 Å². The summed E-state index contributed by atoms with van der Waals surface area (Å²) in [6.07, 6.45) is 5.36. The highest BCUT2D eigenvalue weighted by Gasteiger charge is 2.28. The zero-order valence-corrected chi connectivity index (χ0v) is 19.2. The number of nitrogens with two attached hydrogens (primary N) is 1. The van der Waals surface area contributed by atoms with E-state index < -0.39 is 10.0 Å². The Labute approximate surface area is 186 Å². The first-order chi connectivity index (χ1) is 14.5. The number of anilines is 3. The van der Waals surface area contributed by atoms with Crippen molar-refractivity contribution in [1.82, 2.24) is 14.3 Å². The molecule has 1 saturated heterocycles. The average Bonchev–Trinajstić information content (AvgIpc) is 2.75. The molecule has 0 unspecified atom stereocenters. The van der Waals surface area contributed by atoms with Crippen molar-refractivity contribution in [3.8, 4) is 0 Å². The van der Waals surface area contributed by atoms with Gasteiger partial charge in [0.1, 0.15) is 0 Å². The highest BCUT2D eigenvalue weighted by Crippen LogP contribution is 2.36. The van der Waals surface area contributed by atoms with Crippen molar-refractivity contribution >= 4 is 43.4 Å². The molecule has 3 N–H and O–H groups in total. The molecule has 1 aromatic carbocycles. The van der Waals surface area contributed by atoms with Crippen LogP contribution in [0, 0.1) is 0 Å². The molecule has 3 heterocycles. The SMILES string of the molecule is NCCS(=O)(=O)N1CCC(Nc2ncc(Br)c(N3CCCc4ccccc43)n2)CC1.